The molecule has 0 aromatic carbocycles. The maximum Gasteiger partial charge on any atom is 0.214 e. The SMILES string of the molecule is Cn1nc(Br)cc1CCOCCOc1cccc(Cl)n1. The van der Waals surface area contributed by atoms with Crippen LogP contribution in [-0.4, -0.2) is 34.6 Å². The maximum absolute atomic E-state index is 5.76. The van der Waals surface area contributed by atoms with Gasteiger partial charge in [0.15, 0.2) is 0 Å². The van der Waals surface area contributed by atoms with Crippen LogP contribution in [0, 0.1) is 0 Å². The van der Waals surface area contributed by atoms with Gasteiger partial charge in [-0.05, 0) is 28.1 Å². The monoisotopic (exact) mass is 359 g/mol. The highest BCUT2D eigenvalue weighted by Gasteiger charge is 2.02. The van der Waals surface area contributed by atoms with E-state index in [0.717, 1.165) is 16.7 Å². The molecule has 0 aliphatic carbocycles. The number of rotatable bonds is 7. The van der Waals surface area contributed by atoms with E-state index in [4.69, 9.17) is 21.1 Å². The Balaban J connectivity index is 1.61. The lowest BCUT2D eigenvalue weighted by molar-refractivity contribution is 0.0999. The van der Waals surface area contributed by atoms with Crippen LogP contribution >= 0.6 is 27.5 Å². The molecule has 5 nitrogen and oxygen atoms in total. The minimum Gasteiger partial charge on any atom is -0.475 e. The van der Waals surface area contributed by atoms with Crippen LogP contribution in [-0.2, 0) is 18.2 Å². The first-order chi connectivity index (χ1) is 9.65. The Morgan fingerprint density at radius 1 is 1.30 bits per heavy atom. The average Bonchev–Trinajstić information content (AvgIpc) is 2.72. The third kappa shape index (κ3) is 4.77. The summed E-state index contributed by atoms with van der Waals surface area (Å²) in [7, 11) is 1.91. The summed E-state index contributed by atoms with van der Waals surface area (Å²) in [4.78, 5) is 4.02. The van der Waals surface area contributed by atoms with Crippen molar-refractivity contribution in [1.29, 1.82) is 0 Å². The normalized spacial score (nSPS) is 10.8. The number of hydrogen-bond acceptors (Lipinski definition) is 4. The van der Waals surface area contributed by atoms with E-state index in [1.54, 1.807) is 18.2 Å². The Bertz CT molecular complexity index is 562. The summed E-state index contributed by atoms with van der Waals surface area (Å²) in [6, 6.07) is 7.25. The molecule has 2 aromatic heterocycles. The zero-order valence-electron chi connectivity index (χ0n) is 11.1. The van der Waals surface area contributed by atoms with Gasteiger partial charge in [0.25, 0.3) is 0 Å². The molecule has 0 saturated heterocycles. The van der Waals surface area contributed by atoms with Crippen molar-refractivity contribution in [1.82, 2.24) is 14.8 Å². The van der Waals surface area contributed by atoms with Gasteiger partial charge in [-0.2, -0.15) is 5.10 Å². The molecule has 0 bridgehead atoms. The van der Waals surface area contributed by atoms with Crippen LogP contribution in [0.4, 0.5) is 0 Å². The smallest absolute Gasteiger partial charge is 0.214 e. The standard InChI is InChI=1S/C13H15BrClN3O2/c1-18-10(9-11(14)17-18)5-6-19-7-8-20-13-4-2-3-12(15)16-13/h2-4,9H,5-8H2,1H3. The molecule has 2 rings (SSSR count). The lowest BCUT2D eigenvalue weighted by atomic mass is 10.3. The van der Waals surface area contributed by atoms with Crippen LogP contribution in [0.15, 0.2) is 28.9 Å². The van der Waals surface area contributed by atoms with Gasteiger partial charge in [0.05, 0.1) is 13.2 Å². The fourth-order valence-corrected chi connectivity index (χ4v) is 2.31. The van der Waals surface area contributed by atoms with Crippen molar-refractivity contribution >= 4 is 27.5 Å². The van der Waals surface area contributed by atoms with Gasteiger partial charge >= 0.3 is 0 Å². The van der Waals surface area contributed by atoms with Crippen LogP contribution in [0.3, 0.4) is 0 Å². The Labute approximate surface area is 131 Å². The Morgan fingerprint density at radius 3 is 2.85 bits per heavy atom. The van der Waals surface area contributed by atoms with Crippen LogP contribution in [0.1, 0.15) is 5.69 Å². The predicted octanol–water partition coefficient (Wildman–Crippen LogP) is 2.87. The minimum atomic E-state index is 0.421. The summed E-state index contributed by atoms with van der Waals surface area (Å²) in [6.45, 7) is 1.58. The molecule has 0 atom stereocenters. The van der Waals surface area contributed by atoms with Gasteiger partial charge in [-0.25, -0.2) is 4.98 Å². The molecule has 20 heavy (non-hydrogen) atoms. The van der Waals surface area contributed by atoms with Crippen molar-refractivity contribution in [3.63, 3.8) is 0 Å². The van der Waals surface area contributed by atoms with Crippen molar-refractivity contribution in [2.75, 3.05) is 19.8 Å². The second-order valence-electron chi connectivity index (χ2n) is 4.09. The van der Waals surface area contributed by atoms with E-state index in [-0.39, 0.29) is 0 Å². The second kappa shape index (κ2) is 7.61. The van der Waals surface area contributed by atoms with Gasteiger partial charge < -0.3 is 9.47 Å². The summed E-state index contributed by atoms with van der Waals surface area (Å²) in [5.41, 5.74) is 1.12. The third-order valence-electron chi connectivity index (χ3n) is 2.62. The molecule has 2 aromatic rings. The van der Waals surface area contributed by atoms with Gasteiger partial charge in [0.2, 0.25) is 5.88 Å². The predicted molar refractivity (Wildman–Crippen MR) is 80.2 cm³/mol. The zero-order valence-corrected chi connectivity index (χ0v) is 13.4. The molecule has 0 spiro atoms. The number of halogens is 2. The number of aromatic nitrogens is 3. The Hall–Kier alpha value is -1.11. The van der Waals surface area contributed by atoms with E-state index in [1.807, 2.05) is 17.8 Å². The summed E-state index contributed by atoms with van der Waals surface area (Å²) in [5, 5.41) is 4.63. The van der Waals surface area contributed by atoms with Crippen LogP contribution in [0.25, 0.3) is 0 Å². The highest BCUT2D eigenvalue weighted by atomic mass is 79.9. The van der Waals surface area contributed by atoms with Crippen LogP contribution in [0.2, 0.25) is 5.15 Å². The minimum absolute atomic E-state index is 0.421. The summed E-state index contributed by atoms with van der Waals surface area (Å²) < 4.78 is 13.6. The molecule has 0 radical (unpaired) electrons. The highest BCUT2D eigenvalue weighted by molar-refractivity contribution is 9.10. The summed E-state index contributed by atoms with van der Waals surface area (Å²) >= 11 is 9.10. The van der Waals surface area contributed by atoms with Crippen molar-refractivity contribution in [3.8, 4) is 5.88 Å². The first-order valence-corrected chi connectivity index (χ1v) is 7.34. The van der Waals surface area contributed by atoms with E-state index in [0.29, 0.717) is 30.9 Å². The lowest BCUT2D eigenvalue weighted by Crippen LogP contribution is -2.10. The van der Waals surface area contributed by atoms with Crippen LogP contribution < -0.4 is 4.74 Å². The van der Waals surface area contributed by atoms with E-state index >= 15 is 0 Å². The summed E-state index contributed by atoms with van der Waals surface area (Å²) in [5.74, 6) is 0.511. The molecule has 0 fully saturated rings. The molecule has 0 aliphatic heterocycles. The number of pyridine rings is 1. The first kappa shape index (κ1) is 15.3. The van der Waals surface area contributed by atoms with Gasteiger partial charge in [-0.3, -0.25) is 4.68 Å². The molecule has 0 aliphatic rings. The van der Waals surface area contributed by atoms with Gasteiger partial charge in [-0.15, -0.1) is 0 Å². The lowest BCUT2D eigenvalue weighted by Gasteiger charge is -2.06. The number of ether oxygens (including phenoxy) is 2. The van der Waals surface area contributed by atoms with Gasteiger partial charge in [-0.1, -0.05) is 17.7 Å². The van der Waals surface area contributed by atoms with Crippen molar-refractivity contribution in [3.05, 3.63) is 39.7 Å². The number of aryl methyl sites for hydroxylation is 1. The Kier molecular flexibility index (Phi) is 5.82. The number of hydrogen-bond donors (Lipinski definition) is 0. The Morgan fingerprint density at radius 2 is 2.15 bits per heavy atom. The largest absolute Gasteiger partial charge is 0.475 e. The molecule has 0 unspecified atom stereocenters. The van der Waals surface area contributed by atoms with Crippen molar-refractivity contribution in [2.24, 2.45) is 7.05 Å². The van der Waals surface area contributed by atoms with Gasteiger partial charge in [0.1, 0.15) is 16.4 Å². The van der Waals surface area contributed by atoms with E-state index in [1.165, 1.54) is 0 Å². The van der Waals surface area contributed by atoms with Gasteiger partial charge in [0, 0.05) is 25.2 Å². The molecule has 0 N–H and O–H groups in total. The van der Waals surface area contributed by atoms with E-state index < -0.39 is 0 Å². The summed E-state index contributed by atoms with van der Waals surface area (Å²) in [6.07, 6.45) is 0.810. The van der Waals surface area contributed by atoms with Crippen molar-refractivity contribution in [2.45, 2.75) is 6.42 Å². The van der Waals surface area contributed by atoms with E-state index in [9.17, 15) is 0 Å². The number of nitrogens with zero attached hydrogens (tertiary/aromatic N) is 3. The third-order valence-corrected chi connectivity index (χ3v) is 3.21. The maximum atomic E-state index is 5.76. The highest BCUT2D eigenvalue weighted by Crippen LogP contribution is 2.11. The van der Waals surface area contributed by atoms with E-state index in [2.05, 4.69) is 26.0 Å². The molecular weight excluding hydrogens is 346 g/mol. The first-order valence-electron chi connectivity index (χ1n) is 6.16. The zero-order chi connectivity index (χ0) is 14.4. The molecule has 0 saturated carbocycles. The molecule has 7 heteroatoms. The fraction of sp³-hybridized carbons (Fsp3) is 0.385. The topological polar surface area (TPSA) is 49.2 Å². The quantitative estimate of drug-likeness (QED) is 0.563. The van der Waals surface area contributed by atoms with Crippen molar-refractivity contribution < 1.29 is 9.47 Å². The molecule has 2 heterocycles. The fourth-order valence-electron chi connectivity index (χ4n) is 1.66. The molecule has 108 valence electrons. The molecule has 0 amide bonds. The second-order valence-corrected chi connectivity index (χ2v) is 5.29. The average molecular weight is 361 g/mol. The van der Waals surface area contributed by atoms with Crippen LogP contribution in [0.5, 0.6) is 5.88 Å². The molecular formula is C13H15BrClN3O2.